The third-order valence-corrected chi connectivity index (χ3v) is 6.16. The molecule has 28 heavy (non-hydrogen) atoms. The van der Waals surface area contributed by atoms with Crippen molar-refractivity contribution < 1.29 is 30.8 Å². The van der Waals surface area contributed by atoms with Crippen LogP contribution in [0.4, 0.5) is 13.2 Å². The normalized spacial score (nSPS) is 16.3. The van der Waals surface area contributed by atoms with Crippen molar-refractivity contribution in [2.75, 3.05) is 19.6 Å². The minimum Gasteiger partial charge on any atom is -0.472 e. The fourth-order valence-corrected chi connectivity index (χ4v) is 4.16. The quantitative estimate of drug-likeness (QED) is 0.812. The first-order valence-corrected chi connectivity index (χ1v) is 10.1. The van der Waals surface area contributed by atoms with Crippen LogP contribution in [0.15, 0.2) is 52.2 Å². The molecule has 0 radical (unpaired) electrons. The Kier molecular flexibility index (Phi) is 5.80. The van der Waals surface area contributed by atoms with E-state index in [0.29, 0.717) is 31.5 Å². The minimum atomic E-state index is -4.52. The Balaban J connectivity index is 1.52. The Hall–Kier alpha value is -2.33. The van der Waals surface area contributed by atoms with Crippen LogP contribution in [0.3, 0.4) is 0 Å². The molecule has 0 atom stereocenters. The summed E-state index contributed by atoms with van der Waals surface area (Å²) in [7, 11) is -3.90. The van der Waals surface area contributed by atoms with E-state index in [-0.39, 0.29) is 23.3 Å². The average molecular weight is 416 g/mol. The van der Waals surface area contributed by atoms with Crippen molar-refractivity contribution in [2.24, 2.45) is 5.92 Å². The smallest absolute Gasteiger partial charge is 0.416 e. The van der Waals surface area contributed by atoms with E-state index >= 15 is 0 Å². The number of hydrogen-bond donors (Lipinski definition) is 1. The molecule has 0 spiro atoms. The second kappa shape index (κ2) is 7.96. The summed E-state index contributed by atoms with van der Waals surface area (Å²) in [4.78, 5) is 13.7. The number of amides is 1. The van der Waals surface area contributed by atoms with E-state index in [1.807, 2.05) is 0 Å². The SMILES string of the molecule is O=C(c1ccoc1)N1CCC(CNS(=O)(=O)c2ccc(C(F)(F)F)cc2)CC1. The molecule has 1 saturated heterocycles. The molecular weight excluding hydrogens is 397 g/mol. The molecule has 10 heteroatoms. The lowest BCUT2D eigenvalue weighted by Gasteiger charge is -2.31. The van der Waals surface area contributed by atoms with Crippen molar-refractivity contribution in [1.29, 1.82) is 0 Å². The maximum Gasteiger partial charge on any atom is 0.416 e. The van der Waals surface area contributed by atoms with Gasteiger partial charge in [0.2, 0.25) is 10.0 Å². The second-order valence-corrected chi connectivity index (χ2v) is 8.39. The van der Waals surface area contributed by atoms with Gasteiger partial charge in [0.15, 0.2) is 0 Å². The van der Waals surface area contributed by atoms with Gasteiger partial charge in [0, 0.05) is 19.6 Å². The standard InChI is InChI=1S/C18H19F3N2O4S/c19-18(20,21)15-1-3-16(4-2-15)28(25,26)22-11-13-5-8-23(9-6-13)17(24)14-7-10-27-12-14/h1-4,7,10,12-13,22H,5-6,8-9,11H2. The maximum atomic E-state index is 12.6. The largest absolute Gasteiger partial charge is 0.472 e. The zero-order valence-electron chi connectivity index (χ0n) is 14.8. The van der Waals surface area contributed by atoms with Gasteiger partial charge in [-0.2, -0.15) is 13.2 Å². The summed E-state index contributed by atoms with van der Waals surface area (Å²) in [5.74, 6) is -0.0878. The zero-order chi connectivity index (χ0) is 20.4. The molecule has 1 aliphatic rings. The van der Waals surface area contributed by atoms with Crippen molar-refractivity contribution >= 4 is 15.9 Å². The van der Waals surface area contributed by atoms with Crippen LogP contribution in [0.5, 0.6) is 0 Å². The molecule has 2 heterocycles. The summed E-state index contributed by atoms with van der Waals surface area (Å²) in [6.07, 6.45) is -0.460. The Bertz CT molecular complexity index is 901. The van der Waals surface area contributed by atoms with Crippen LogP contribution in [-0.4, -0.2) is 38.9 Å². The van der Waals surface area contributed by atoms with Crippen LogP contribution in [0, 0.1) is 5.92 Å². The average Bonchev–Trinajstić information content (AvgIpc) is 3.20. The Morgan fingerprint density at radius 3 is 2.32 bits per heavy atom. The van der Waals surface area contributed by atoms with Crippen LogP contribution >= 0.6 is 0 Å². The molecule has 1 amide bonds. The van der Waals surface area contributed by atoms with Gasteiger partial charge in [0.25, 0.3) is 5.91 Å². The van der Waals surface area contributed by atoms with Gasteiger partial charge in [0.1, 0.15) is 6.26 Å². The molecule has 1 N–H and O–H groups in total. The predicted octanol–water partition coefficient (Wildman–Crippen LogP) is 3.13. The number of furan rings is 1. The van der Waals surface area contributed by atoms with Crippen LogP contribution in [-0.2, 0) is 16.2 Å². The Labute approximate surface area is 160 Å². The molecule has 3 rings (SSSR count). The number of piperidine rings is 1. The monoisotopic (exact) mass is 416 g/mol. The van der Waals surface area contributed by atoms with Crippen molar-refractivity contribution in [1.82, 2.24) is 9.62 Å². The fourth-order valence-electron chi connectivity index (χ4n) is 3.04. The summed E-state index contributed by atoms with van der Waals surface area (Å²) in [5, 5.41) is 0. The molecule has 1 fully saturated rings. The van der Waals surface area contributed by atoms with E-state index in [0.717, 1.165) is 24.3 Å². The summed E-state index contributed by atoms with van der Waals surface area (Å²) in [6.45, 7) is 1.16. The Morgan fingerprint density at radius 1 is 1.14 bits per heavy atom. The van der Waals surface area contributed by atoms with E-state index in [1.54, 1.807) is 11.0 Å². The van der Waals surface area contributed by atoms with Gasteiger partial charge in [-0.05, 0) is 49.1 Å². The molecule has 1 aliphatic heterocycles. The molecule has 0 aliphatic carbocycles. The number of nitrogens with one attached hydrogen (secondary N) is 1. The summed E-state index contributed by atoms with van der Waals surface area (Å²) in [5.41, 5.74) is -0.428. The maximum absolute atomic E-state index is 12.6. The van der Waals surface area contributed by atoms with E-state index in [2.05, 4.69) is 4.72 Å². The van der Waals surface area contributed by atoms with E-state index < -0.39 is 21.8 Å². The van der Waals surface area contributed by atoms with Gasteiger partial charge in [-0.3, -0.25) is 4.79 Å². The summed E-state index contributed by atoms with van der Waals surface area (Å²) in [6, 6.07) is 4.96. The first-order valence-electron chi connectivity index (χ1n) is 8.65. The van der Waals surface area contributed by atoms with Crippen molar-refractivity contribution in [2.45, 2.75) is 23.9 Å². The van der Waals surface area contributed by atoms with E-state index in [1.165, 1.54) is 12.5 Å². The highest BCUT2D eigenvalue weighted by Crippen LogP contribution is 2.29. The van der Waals surface area contributed by atoms with E-state index in [4.69, 9.17) is 4.42 Å². The van der Waals surface area contributed by atoms with Crippen LogP contribution < -0.4 is 4.72 Å². The molecule has 152 valence electrons. The molecular formula is C18H19F3N2O4S. The van der Waals surface area contributed by atoms with Gasteiger partial charge in [-0.1, -0.05) is 0 Å². The predicted molar refractivity (Wildman–Crippen MR) is 94.0 cm³/mol. The van der Waals surface area contributed by atoms with E-state index in [9.17, 15) is 26.4 Å². The lowest BCUT2D eigenvalue weighted by Crippen LogP contribution is -2.41. The second-order valence-electron chi connectivity index (χ2n) is 6.62. The van der Waals surface area contributed by atoms with Gasteiger partial charge >= 0.3 is 6.18 Å². The number of alkyl halides is 3. The number of carbonyl (C=O) groups excluding carboxylic acids is 1. The van der Waals surface area contributed by atoms with Crippen LogP contribution in [0.25, 0.3) is 0 Å². The first kappa shape index (κ1) is 20.4. The minimum absolute atomic E-state index is 0.0395. The molecule has 2 aromatic rings. The molecule has 0 bridgehead atoms. The van der Waals surface area contributed by atoms with Gasteiger partial charge in [-0.15, -0.1) is 0 Å². The lowest BCUT2D eigenvalue weighted by molar-refractivity contribution is -0.137. The summed E-state index contributed by atoms with van der Waals surface area (Å²) >= 11 is 0. The number of carbonyl (C=O) groups is 1. The topological polar surface area (TPSA) is 79.6 Å². The number of halogens is 3. The number of rotatable bonds is 5. The third kappa shape index (κ3) is 4.74. The number of sulfonamides is 1. The zero-order valence-corrected chi connectivity index (χ0v) is 15.6. The molecule has 1 aromatic heterocycles. The highest BCUT2D eigenvalue weighted by atomic mass is 32.2. The Morgan fingerprint density at radius 2 is 1.79 bits per heavy atom. The lowest BCUT2D eigenvalue weighted by atomic mass is 9.97. The number of hydrogen-bond acceptors (Lipinski definition) is 4. The first-order chi connectivity index (χ1) is 13.2. The van der Waals surface area contributed by atoms with Crippen molar-refractivity contribution in [3.05, 3.63) is 54.0 Å². The molecule has 6 nitrogen and oxygen atoms in total. The number of benzene rings is 1. The van der Waals surface area contributed by atoms with Crippen LogP contribution in [0.2, 0.25) is 0 Å². The van der Waals surface area contributed by atoms with Gasteiger partial charge in [0.05, 0.1) is 22.3 Å². The van der Waals surface area contributed by atoms with Crippen molar-refractivity contribution in [3.63, 3.8) is 0 Å². The third-order valence-electron chi connectivity index (χ3n) is 4.72. The number of likely N-dealkylation sites (tertiary alicyclic amines) is 1. The van der Waals surface area contributed by atoms with Crippen LogP contribution in [0.1, 0.15) is 28.8 Å². The molecule has 0 saturated carbocycles. The molecule has 1 aromatic carbocycles. The fraction of sp³-hybridized carbons (Fsp3) is 0.389. The highest BCUT2D eigenvalue weighted by Gasteiger charge is 2.31. The number of nitrogens with zero attached hydrogens (tertiary/aromatic N) is 1. The van der Waals surface area contributed by atoms with Crippen molar-refractivity contribution in [3.8, 4) is 0 Å². The van der Waals surface area contributed by atoms with Gasteiger partial charge < -0.3 is 9.32 Å². The summed E-state index contributed by atoms with van der Waals surface area (Å²) < 4.78 is 69.7. The molecule has 0 unspecified atom stereocenters. The highest BCUT2D eigenvalue weighted by molar-refractivity contribution is 7.89. The van der Waals surface area contributed by atoms with Gasteiger partial charge in [-0.25, -0.2) is 13.1 Å².